The van der Waals surface area contributed by atoms with Crippen molar-refractivity contribution < 1.29 is 13.9 Å². The molecular weight excluding hydrogens is 347 g/mol. The number of nitrogens with one attached hydrogen (secondary N) is 2. The van der Waals surface area contributed by atoms with E-state index in [2.05, 4.69) is 10.6 Å². The second-order valence-corrected chi connectivity index (χ2v) is 6.15. The molecule has 140 valence electrons. The Balaban J connectivity index is 1.47. The van der Waals surface area contributed by atoms with Gasteiger partial charge in [0.05, 0.1) is 18.8 Å². The van der Waals surface area contributed by atoms with E-state index in [1.54, 1.807) is 11.0 Å². The number of carbonyl (C=O) groups excluding carboxylic acids is 1. The number of urea groups is 1. The second-order valence-electron chi connectivity index (χ2n) is 6.15. The predicted molar refractivity (Wildman–Crippen MR) is 99.7 cm³/mol. The van der Waals surface area contributed by atoms with Crippen LogP contribution in [0.2, 0.25) is 0 Å². The van der Waals surface area contributed by atoms with Crippen LogP contribution in [0.15, 0.2) is 48.5 Å². The van der Waals surface area contributed by atoms with Crippen LogP contribution in [0.1, 0.15) is 17.2 Å². The number of nitrogens with zero attached hydrogens (tertiary/aromatic N) is 2. The summed E-state index contributed by atoms with van der Waals surface area (Å²) in [6.07, 6.45) is -0.130. The number of halogens is 1. The lowest BCUT2D eigenvalue weighted by Gasteiger charge is -2.33. The molecule has 2 N–H and O–H groups in total. The zero-order chi connectivity index (χ0) is 19.1. The molecule has 0 radical (unpaired) electrons. The Morgan fingerprint density at radius 2 is 2.04 bits per heavy atom. The van der Waals surface area contributed by atoms with Crippen LogP contribution in [0.5, 0.6) is 0 Å². The minimum atomic E-state index is -0.563. The van der Waals surface area contributed by atoms with Gasteiger partial charge < -0.3 is 20.3 Å². The van der Waals surface area contributed by atoms with Crippen LogP contribution in [-0.4, -0.2) is 43.7 Å². The van der Waals surface area contributed by atoms with Crippen molar-refractivity contribution in [2.75, 3.05) is 38.1 Å². The van der Waals surface area contributed by atoms with E-state index in [1.807, 2.05) is 36.4 Å². The molecule has 1 fully saturated rings. The fourth-order valence-electron chi connectivity index (χ4n) is 2.97. The van der Waals surface area contributed by atoms with E-state index < -0.39 is 5.82 Å². The smallest absolute Gasteiger partial charge is 0.317 e. The summed E-state index contributed by atoms with van der Waals surface area (Å²) in [5.74, 6) is -0.563. The number of ether oxygens (including phenoxy) is 1. The molecule has 2 aromatic rings. The van der Waals surface area contributed by atoms with Gasteiger partial charge in [-0.15, -0.1) is 0 Å². The minimum absolute atomic E-state index is 0.0253. The highest BCUT2D eigenvalue weighted by Crippen LogP contribution is 2.22. The highest BCUT2D eigenvalue weighted by atomic mass is 19.1. The van der Waals surface area contributed by atoms with Gasteiger partial charge in [0, 0.05) is 19.6 Å². The molecule has 1 atom stereocenters. The van der Waals surface area contributed by atoms with E-state index in [9.17, 15) is 9.18 Å². The highest BCUT2D eigenvalue weighted by Gasteiger charge is 2.25. The third-order valence-corrected chi connectivity index (χ3v) is 4.37. The number of rotatable bonds is 5. The third-order valence-electron chi connectivity index (χ3n) is 4.37. The summed E-state index contributed by atoms with van der Waals surface area (Å²) in [6.45, 7) is 2.25. The first-order valence-electron chi connectivity index (χ1n) is 8.81. The maximum atomic E-state index is 13.6. The van der Waals surface area contributed by atoms with Gasteiger partial charge in [-0.25, -0.2) is 9.18 Å². The number of benzene rings is 2. The highest BCUT2D eigenvalue weighted by molar-refractivity contribution is 5.74. The topological polar surface area (TPSA) is 77.4 Å². The van der Waals surface area contributed by atoms with Crippen LogP contribution in [-0.2, 0) is 4.74 Å². The van der Waals surface area contributed by atoms with Crippen molar-refractivity contribution in [3.05, 3.63) is 65.5 Å². The van der Waals surface area contributed by atoms with E-state index in [0.717, 1.165) is 5.56 Å². The van der Waals surface area contributed by atoms with E-state index >= 15 is 0 Å². The molecule has 27 heavy (non-hydrogen) atoms. The van der Waals surface area contributed by atoms with Crippen LogP contribution >= 0.6 is 0 Å². The number of hydrogen-bond acceptors (Lipinski definition) is 4. The largest absolute Gasteiger partial charge is 0.382 e. The van der Waals surface area contributed by atoms with Crippen molar-refractivity contribution in [1.29, 1.82) is 5.26 Å². The lowest BCUT2D eigenvalue weighted by atomic mass is 10.1. The number of hydrogen-bond donors (Lipinski definition) is 2. The fourth-order valence-corrected chi connectivity index (χ4v) is 2.97. The van der Waals surface area contributed by atoms with E-state index in [0.29, 0.717) is 38.5 Å². The molecule has 7 heteroatoms. The SMILES string of the molecule is N#Cc1c(F)cccc1NCCNC(=O)N1CCO[C@@H](c2ccccc2)C1. The van der Waals surface area contributed by atoms with Gasteiger partial charge >= 0.3 is 6.03 Å². The van der Waals surface area contributed by atoms with Crippen molar-refractivity contribution in [1.82, 2.24) is 10.2 Å². The Kier molecular flexibility index (Phi) is 6.23. The average Bonchev–Trinajstić information content (AvgIpc) is 2.72. The summed E-state index contributed by atoms with van der Waals surface area (Å²) in [5, 5.41) is 14.8. The molecule has 1 saturated heterocycles. The number of carbonyl (C=O) groups is 1. The molecule has 1 aliphatic heterocycles. The molecule has 0 aliphatic carbocycles. The Bertz CT molecular complexity index is 822. The van der Waals surface area contributed by atoms with Crippen LogP contribution in [0, 0.1) is 17.1 Å². The lowest BCUT2D eigenvalue weighted by Crippen LogP contribution is -2.48. The molecule has 0 saturated carbocycles. The van der Waals surface area contributed by atoms with Crippen molar-refractivity contribution in [2.24, 2.45) is 0 Å². The van der Waals surface area contributed by atoms with Gasteiger partial charge in [-0.3, -0.25) is 0 Å². The molecule has 0 aromatic heterocycles. The van der Waals surface area contributed by atoms with Crippen LogP contribution in [0.3, 0.4) is 0 Å². The van der Waals surface area contributed by atoms with Gasteiger partial charge in [-0.1, -0.05) is 36.4 Å². The Morgan fingerprint density at radius 3 is 2.81 bits per heavy atom. The Morgan fingerprint density at radius 1 is 1.22 bits per heavy atom. The van der Waals surface area contributed by atoms with Crippen LogP contribution in [0.4, 0.5) is 14.9 Å². The number of nitriles is 1. The Labute approximate surface area is 157 Å². The number of amides is 2. The van der Waals surface area contributed by atoms with E-state index in [1.165, 1.54) is 12.1 Å². The van der Waals surface area contributed by atoms with Gasteiger partial charge in [0.15, 0.2) is 0 Å². The minimum Gasteiger partial charge on any atom is -0.382 e. The van der Waals surface area contributed by atoms with Crippen molar-refractivity contribution in [3.63, 3.8) is 0 Å². The Hall–Kier alpha value is -3.11. The summed E-state index contributed by atoms with van der Waals surface area (Å²) in [7, 11) is 0. The maximum Gasteiger partial charge on any atom is 0.317 e. The van der Waals surface area contributed by atoms with E-state index in [4.69, 9.17) is 10.00 Å². The summed E-state index contributed by atoms with van der Waals surface area (Å²) < 4.78 is 19.3. The predicted octanol–water partition coefficient (Wildman–Crippen LogP) is 2.89. The second kappa shape index (κ2) is 9.01. The molecular formula is C20H21FN4O2. The van der Waals surface area contributed by atoms with Crippen molar-refractivity contribution >= 4 is 11.7 Å². The fraction of sp³-hybridized carbons (Fsp3) is 0.300. The summed E-state index contributed by atoms with van der Waals surface area (Å²) in [5.41, 5.74) is 1.44. The quantitative estimate of drug-likeness (QED) is 0.796. The maximum absolute atomic E-state index is 13.6. The molecule has 6 nitrogen and oxygen atoms in total. The van der Waals surface area contributed by atoms with Crippen molar-refractivity contribution in [3.8, 4) is 6.07 Å². The van der Waals surface area contributed by atoms with Crippen LogP contribution < -0.4 is 10.6 Å². The number of anilines is 1. The standard InChI is InChI=1S/C20H21FN4O2/c21-17-7-4-8-18(16(17)13-22)23-9-10-24-20(26)25-11-12-27-19(14-25)15-5-2-1-3-6-15/h1-8,19,23H,9-12,14H2,(H,24,26)/t19-/m1/s1. The average molecular weight is 368 g/mol. The monoisotopic (exact) mass is 368 g/mol. The first kappa shape index (κ1) is 18.7. The molecule has 0 bridgehead atoms. The van der Waals surface area contributed by atoms with Crippen LogP contribution in [0.25, 0.3) is 0 Å². The van der Waals surface area contributed by atoms with Crippen molar-refractivity contribution in [2.45, 2.75) is 6.10 Å². The zero-order valence-electron chi connectivity index (χ0n) is 14.8. The summed E-state index contributed by atoms with van der Waals surface area (Å²) in [6, 6.07) is 15.9. The molecule has 1 heterocycles. The molecule has 2 aromatic carbocycles. The molecule has 1 aliphatic rings. The lowest BCUT2D eigenvalue weighted by molar-refractivity contribution is -0.0153. The molecule has 2 amide bonds. The van der Waals surface area contributed by atoms with Gasteiger partial charge in [-0.05, 0) is 17.7 Å². The summed E-state index contributed by atoms with van der Waals surface area (Å²) >= 11 is 0. The number of morpholine rings is 1. The molecule has 3 rings (SSSR count). The summed E-state index contributed by atoms with van der Waals surface area (Å²) in [4.78, 5) is 14.1. The first-order valence-corrected chi connectivity index (χ1v) is 8.81. The zero-order valence-corrected chi connectivity index (χ0v) is 14.8. The van der Waals surface area contributed by atoms with Gasteiger partial charge in [0.1, 0.15) is 23.6 Å². The molecule has 0 unspecified atom stereocenters. The van der Waals surface area contributed by atoms with Gasteiger partial charge in [0.25, 0.3) is 0 Å². The normalized spacial score (nSPS) is 16.4. The first-order chi connectivity index (χ1) is 13.2. The molecule has 0 spiro atoms. The van der Waals surface area contributed by atoms with E-state index in [-0.39, 0.29) is 17.7 Å². The third kappa shape index (κ3) is 4.74. The van der Waals surface area contributed by atoms with Gasteiger partial charge in [0.2, 0.25) is 0 Å². The van der Waals surface area contributed by atoms with Gasteiger partial charge in [-0.2, -0.15) is 5.26 Å².